The molecular weight excluding hydrogens is 326 g/mol. The molecule has 0 heterocycles. The van der Waals surface area contributed by atoms with Gasteiger partial charge in [-0.25, -0.2) is 0 Å². The Kier molecular flexibility index (Phi) is 5.30. The number of ether oxygens (including phenoxy) is 1. The third-order valence-corrected chi connectivity index (χ3v) is 3.10. The molecule has 0 fully saturated rings. The van der Waals surface area contributed by atoms with Gasteiger partial charge in [0.1, 0.15) is 5.75 Å². The molecule has 0 atom stereocenters. The molecule has 0 amide bonds. The summed E-state index contributed by atoms with van der Waals surface area (Å²) in [6.07, 6.45) is 4.05. The van der Waals surface area contributed by atoms with Crippen LogP contribution in [0, 0.1) is 0 Å². The summed E-state index contributed by atoms with van der Waals surface area (Å²) in [5, 5.41) is 0.820. The number of benzene rings is 2. The van der Waals surface area contributed by atoms with Crippen molar-refractivity contribution in [2.24, 2.45) is 0 Å². The van der Waals surface area contributed by atoms with E-state index in [1.807, 2.05) is 36.4 Å². The van der Waals surface area contributed by atoms with Crippen LogP contribution >= 0.6 is 15.9 Å². The van der Waals surface area contributed by atoms with Gasteiger partial charge in [0, 0.05) is 5.33 Å². The maximum Gasteiger partial charge on any atom is 0.387 e. The number of allylic oxidation sites excluding steroid dienone is 1. The van der Waals surface area contributed by atoms with Gasteiger partial charge in [-0.15, -0.1) is 0 Å². The van der Waals surface area contributed by atoms with E-state index >= 15 is 0 Å². The molecule has 0 aliphatic rings. The molecule has 0 saturated heterocycles. The molecule has 0 aliphatic heterocycles. The fraction of sp³-hybridized carbons (Fsp3) is 0.125. The SMILES string of the molecule is FC(F)Oc1ccc(-c2ccc(/C=C/CBr)cc2)cc1. The predicted octanol–water partition coefficient (Wildman–Crippen LogP) is 5.36. The van der Waals surface area contributed by atoms with Crippen LogP contribution in [0.5, 0.6) is 5.75 Å². The normalized spacial score (nSPS) is 11.2. The van der Waals surface area contributed by atoms with E-state index in [0.29, 0.717) is 0 Å². The van der Waals surface area contributed by atoms with Crippen LogP contribution in [0.1, 0.15) is 5.56 Å². The van der Waals surface area contributed by atoms with E-state index in [2.05, 4.69) is 20.7 Å². The molecule has 20 heavy (non-hydrogen) atoms. The highest BCUT2D eigenvalue weighted by Crippen LogP contribution is 2.23. The number of hydrogen-bond acceptors (Lipinski definition) is 1. The highest BCUT2D eigenvalue weighted by Gasteiger charge is 2.04. The summed E-state index contributed by atoms with van der Waals surface area (Å²) in [5.74, 6) is 0.167. The minimum absolute atomic E-state index is 0.167. The van der Waals surface area contributed by atoms with Crippen molar-refractivity contribution in [2.75, 3.05) is 5.33 Å². The minimum Gasteiger partial charge on any atom is -0.435 e. The van der Waals surface area contributed by atoms with Crippen molar-refractivity contribution in [1.82, 2.24) is 0 Å². The predicted molar refractivity (Wildman–Crippen MR) is 81.3 cm³/mol. The summed E-state index contributed by atoms with van der Waals surface area (Å²) >= 11 is 3.33. The lowest BCUT2D eigenvalue weighted by molar-refractivity contribution is -0.0498. The standard InChI is InChI=1S/C16H13BrF2O/c17-11-1-2-12-3-5-13(6-4-12)14-7-9-15(10-8-14)20-16(18)19/h1-10,16H,11H2/b2-1+. The second kappa shape index (κ2) is 7.20. The maximum absolute atomic E-state index is 12.1. The zero-order valence-corrected chi connectivity index (χ0v) is 12.2. The van der Waals surface area contributed by atoms with Crippen molar-refractivity contribution in [2.45, 2.75) is 6.61 Å². The lowest BCUT2D eigenvalue weighted by Crippen LogP contribution is -2.01. The maximum atomic E-state index is 12.1. The zero-order chi connectivity index (χ0) is 14.4. The fourth-order valence-electron chi connectivity index (χ4n) is 1.80. The Hall–Kier alpha value is -1.68. The summed E-state index contributed by atoms with van der Waals surface area (Å²) in [5.41, 5.74) is 3.11. The molecule has 0 unspecified atom stereocenters. The average molecular weight is 339 g/mol. The van der Waals surface area contributed by atoms with Gasteiger partial charge in [0.25, 0.3) is 0 Å². The molecule has 0 aromatic heterocycles. The number of alkyl halides is 3. The van der Waals surface area contributed by atoms with Crippen LogP contribution in [0.3, 0.4) is 0 Å². The molecule has 0 bridgehead atoms. The van der Waals surface area contributed by atoms with Gasteiger partial charge in [-0.3, -0.25) is 0 Å². The highest BCUT2D eigenvalue weighted by atomic mass is 79.9. The van der Waals surface area contributed by atoms with Crippen molar-refractivity contribution in [3.05, 3.63) is 60.2 Å². The van der Waals surface area contributed by atoms with Crippen molar-refractivity contribution in [1.29, 1.82) is 0 Å². The van der Waals surface area contributed by atoms with Gasteiger partial charge in [-0.2, -0.15) is 8.78 Å². The lowest BCUT2D eigenvalue weighted by atomic mass is 10.0. The Labute approximate surface area is 125 Å². The van der Waals surface area contributed by atoms with Gasteiger partial charge in [0.15, 0.2) is 0 Å². The molecule has 0 radical (unpaired) electrons. The Morgan fingerprint density at radius 1 is 0.950 bits per heavy atom. The van der Waals surface area contributed by atoms with E-state index < -0.39 is 6.61 Å². The molecule has 0 spiro atoms. The molecule has 4 heteroatoms. The van der Waals surface area contributed by atoms with Gasteiger partial charge in [0.2, 0.25) is 0 Å². The van der Waals surface area contributed by atoms with Crippen LogP contribution in [0.4, 0.5) is 8.78 Å². The van der Waals surface area contributed by atoms with Crippen LogP contribution in [0.25, 0.3) is 17.2 Å². The van der Waals surface area contributed by atoms with Gasteiger partial charge in [0.05, 0.1) is 0 Å². The van der Waals surface area contributed by atoms with Crippen LogP contribution < -0.4 is 4.74 Å². The van der Waals surface area contributed by atoms with Crippen molar-refractivity contribution in [3.63, 3.8) is 0 Å². The van der Waals surface area contributed by atoms with E-state index in [1.165, 1.54) is 0 Å². The second-order valence-electron chi connectivity index (χ2n) is 4.08. The summed E-state index contributed by atoms with van der Waals surface area (Å²) in [4.78, 5) is 0. The molecule has 2 aromatic rings. The fourth-order valence-corrected chi connectivity index (χ4v) is 1.98. The van der Waals surface area contributed by atoms with E-state index in [0.717, 1.165) is 22.0 Å². The van der Waals surface area contributed by atoms with E-state index in [-0.39, 0.29) is 5.75 Å². The van der Waals surface area contributed by atoms with Crippen LogP contribution in [0.2, 0.25) is 0 Å². The van der Waals surface area contributed by atoms with Crippen molar-refractivity contribution in [3.8, 4) is 16.9 Å². The van der Waals surface area contributed by atoms with E-state index in [9.17, 15) is 8.78 Å². The van der Waals surface area contributed by atoms with Gasteiger partial charge in [-0.1, -0.05) is 64.5 Å². The zero-order valence-electron chi connectivity index (χ0n) is 10.6. The van der Waals surface area contributed by atoms with Gasteiger partial charge < -0.3 is 4.74 Å². The summed E-state index contributed by atoms with van der Waals surface area (Å²) in [7, 11) is 0. The van der Waals surface area contributed by atoms with Crippen LogP contribution in [-0.4, -0.2) is 11.9 Å². The lowest BCUT2D eigenvalue weighted by Gasteiger charge is -2.06. The Balaban J connectivity index is 2.13. The highest BCUT2D eigenvalue weighted by molar-refractivity contribution is 9.09. The van der Waals surface area contributed by atoms with Crippen LogP contribution in [-0.2, 0) is 0 Å². The number of rotatable bonds is 5. The quantitative estimate of drug-likeness (QED) is 0.666. The number of hydrogen-bond donors (Lipinski definition) is 0. The first-order valence-electron chi connectivity index (χ1n) is 6.07. The number of halogens is 3. The Morgan fingerprint density at radius 2 is 1.50 bits per heavy atom. The molecule has 0 aliphatic carbocycles. The minimum atomic E-state index is -2.79. The Morgan fingerprint density at radius 3 is 2.00 bits per heavy atom. The smallest absolute Gasteiger partial charge is 0.387 e. The first kappa shape index (κ1) is 14.7. The average Bonchev–Trinajstić information content (AvgIpc) is 2.46. The van der Waals surface area contributed by atoms with Crippen LogP contribution in [0.15, 0.2) is 54.6 Å². The van der Waals surface area contributed by atoms with Gasteiger partial charge in [-0.05, 0) is 28.8 Å². The van der Waals surface area contributed by atoms with E-state index in [4.69, 9.17) is 0 Å². The third-order valence-electron chi connectivity index (χ3n) is 2.72. The third kappa shape index (κ3) is 4.17. The summed E-state index contributed by atoms with van der Waals surface area (Å²) in [6.45, 7) is -2.79. The molecule has 2 aromatic carbocycles. The van der Waals surface area contributed by atoms with Crippen molar-refractivity contribution >= 4 is 22.0 Å². The molecular formula is C16H13BrF2O. The molecule has 0 saturated carbocycles. The van der Waals surface area contributed by atoms with Gasteiger partial charge >= 0.3 is 6.61 Å². The van der Waals surface area contributed by atoms with E-state index in [1.54, 1.807) is 24.3 Å². The molecule has 104 valence electrons. The summed E-state index contributed by atoms with van der Waals surface area (Å²) in [6, 6.07) is 14.6. The first-order valence-corrected chi connectivity index (χ1v) is 7.19. The molecule has 1 nitrogen and oxygen atoms in total. The van der Waals surface area contributed by atoms with Crippen molar-refractivity contribution < 1.29 is 13.5 Å². The molecule has 0 N–H and O–H groups in total. The largest absolute Gasteiger partial charge is 0.435 e. The summed E-state index contributed by atoms with van der Waals surface area (Å²) < 4.78 is 28.4. The molecule has 2 rings (SSSR count). The second-order valence-corrected chi connectivity index (χ2v) is 4.73. The first-order chi connectivity index (χ1) is 9.69. The topological polar surface area (TPSA) is 9.23 Å². The Bertz CT molecular complexity index is 562. The monoisotopic (exact) mass is 338 g/mol.